The van der Waals surface area contributed by atoms with E-state index in [0.717, 1.165) is 0 Å². The summed E-state index contributed by atoms with van der Waals surface area (Å²) in [6.45, 7) is 7.35. The number of rotatable bonds is 9. The fraction of sp³-hybridized carbons (Fsp3) is 0.850. The summed E-state index contributed by atoms with van der Waals surface area (Å²) in [5, 5.41) is 39.5. The standard InChI is InChI=1S/C20H37N3O7/c1-10(2)7-12(21-5)17(26)22-13-8-20(29,9-14(24)16(13)25)19(28)23-15(11(3)4)18(27)30-6/h10-16,21,24-25,29H,7-9H2,1-6H3,(H,22,26)(H,23,28)/t12-,13-,14+,15+,16+,20-/m0/s1. The van der Waals surface area contributed by atoms with Crippen molar-refractivity contribution in [3.63, 3.8) is 0 Å². The predicted octanol–water partition coefficient (Wildman–Crippen LogP) is -1.33. The average molecular weight is 432 g/mol. The maximum atomic E-state index is 12.8. The molecule has 0 radical (unpaired) electrons. The number of aliphatic hydroxyl groups is 3. The molecule has 0 heterocycles. The van der Waals surface area contributed by atoms with Crippen LogP contribution in [0.3, 0.4) is 0 Å². The Labute approximate surface area is 177 Å². The van der Waals surface area contributed by atoms with Gasteiger partial charge in [0.1, 0.15) is 17.7 Å². The first-order valence-electron chi connectivity index (χ1n) is 10.3. The third-order valence-electron chi connectivity index (χ3n) is 5.44. The Hall–Kier alpha value is -1.75. The van der Waals surface area contributed by atoms with Crippen LogP contribution in [-0.4, -0.2) is 83.2 Å². The highest BCUT2D eigenvalue weighted by molar-refractivity contribution is 5.90. The number of esters is 1. The molecule has 1 rings (SSSR count). The number of hydrogen-bond acceptors (Lipinski definition) is 8. The van der Waals surface area contributed by atoms with Gasteiger partial charge in [0.15, 0.2) is 0 Å². The van der Waals surface area contributed by atoms with Gasteiger partial charge in [0.2, 0.25) is 5.91 Å². The summed E-state index contributed by atoms with van der Waals surface area (Å²) in [6.07, 6.45) is -2.98. The predicted molar refractivity (Wildman–Crippen MR) is 109 cm³/mol. The summed E-state index contributed by atoms with van der Waals surface area (Å²) in [7, 11) is 2.83. The maximum Gasteiger partial charge on any atom is 0.328 e. The van der Waals surface area contributed by atoms with Gasteiger partial charge in [-0.05, 0) is 25.3 Å². The van der Waals surface area contributed by atoms with Crippen molar-refractivity contribution in [1.82, 2.24) is 16.0 Å². The van der Waals surface area contributed by atoms with Crippen LogP contribution in [-0.2, 0) is 19.1 Å². The normalized spacial score (nSPS) is 28.7. The zero-order valence-electron chi connectivity index (χ0n) is 18.6. The molecule has 10 heteroatoms. The first-order valence-corrected chi connectivity index (χ1v) is 10.3. The highest BCUT2D eigenvalue weighted by Crippen LogP contribution is 2.30. The molecule has 2 amide bonds. The SMILES string of the molecule is CN[C@@H](CC(C)C)C(=O)N[C@H]1C[C@@](O)(C(=O)N[C@@H](C(=O)OC)C(C)C)C[C@@H](O)[C@@H]1O. The Morgan fingerprint density at radius 3 is 2.20 bits per heavy atom. The molecule has 1 aliphatic carbocycles. The van der Waals surface area contributed by atoms with Crippen LogP contribution < -0.4 is 16.0 Å². The number of amides is 2. The monoisotopic (exact) mass is 431 g/mol. The van der Waals surface area contributed by atoms with Gasteiger partial charge in [-0.1, -0.05) is 27.7 Å². The van der Waals surface area contributed by atoms with Crippen molar-refractivity contribution < 1.29 is 34.4 Å². The summed E-state index contributed by atoms with van der Waals surface area (Å²) in [6, 6.07) is -2.55. The lowest BCUT2D eigenvalue weighted by Gasteiger charge is -2.42. The number of carbonyl (C=O) groups is 3. The zero-order valence-corrected chi connectivity index (χ0v) is 18.6. The van der Waals surface area contributed by atoms with E-state index >= 15 is 0 Å². The van der Waals surface area contributed by atoms with Gasteiger partial charge in [0.25, 0.3) is 5.91 Å². The van der Waals surface area contributed by atoms with Gasteiger partial charge in [0, 0.05) is 12.8 Å². The summed E-state index contributed by atoms with van der Waals surface area (Å²) in [5.74, 6) is -1.99. The molecule has 1 aliphatic rings. The second kappa shape index (κ2) is 11.0. The zero-order chi connectivity index (χ0) is 23.2. The lowest BCUT2D eigenvalue weighted by atomic mass is 9.77. The summed E-state index contributed by atoms with van der Waals surface area (Å²) in [5.41, 5.74) is -2.08. The van der Waals surface area contributed by atoms with Crippen LogP contribution in [0.5, 0.6) is 0 Å². The van der Waals surface area contributed by atoms with Crippen molar-refractivity contribution in [2.75, 3.05) is 14.2 Å². The van der Waals surface area contributed by atoms with Crippen LogP contribution in [0.15, 0.2) is 0 Å². The molecule has 0 aliphatic heterocycles. The smallest absolute Gasteiger partial charge is 0.328 e. The quantitative estimate of drug-likeness (QED) is 0.245. The van der Waals surface area contributed by atoms with Gasteiger partial charge < -0.3 is 36.0 Å². The van der Waals surface area contributed by atoms with E-state index in [1.54, 1.807) is 20.9 Å². The van der Waals surface area contributed by atoms with E-state index < -0.39 is 60.1 Å². The number of nitrogens with one attached hydrogen (secondary N) is 3. The third-order valence-corrected chi connectivity index (χ3v) is 5.44. The molecule has 1 saturated carbocycles. The average Bonchev–Trinajstić information content (AvgIpc) is 2.66. The van der Waals surface area contributed by atoms with Gasteiger partial charge in [-0.25, -0.2) is 4.79 Å². The van der Waals surface area contributed by atoms with E-state index in [-0.39, 0.29) is 18.3 Å². The fourth-order valence-electron chi connectivity index (χ4n) is 3.64. The van der Waals surface area contributed by atoms with Crippen molar-refractivity contribution in [3.8, 4) is 0 Å². The second-order valence-corrected chi connectivity index (χ2v) is 8.80. The highest BCUT2D eigenvalue weighted by atomic mass is 16.5. The second-order valence-electron chi connectivity index (χ2n) is 8.80. The van der Waals surface area contributed by atoms with Crippen LogP contribution in [0.4, 0.5) is 0 Å². The molecule has 0 aromatic carbocycles. The number of methoxy groups -OCH3 is 1. The summed E-state index contributed by atoms with van der Waals surface area (Å²) >= 11 is 0. The number of likely N-dealkylation sites (N-methyl/N-ethyl adjacent to an activating group) is 1. The van der Waals surface area contributed by atoms with Crippen LogP contribution in [0, 0.1) is 11.8 Å². The Balaban J connectivity index is 2.97. The molecule has 6 N–H and O–H groups in total. The largest absolute Gasteiger partial charge is 0.467 e. The molecular weight excluding hydrogens is 394 g/mol. The topological polar surface area (TPSA) is 157 Å². The molecule has 10 nitrogen and oxygen atoms in total. The van der Waals surface area contributed by atoms with Gasteiger partial charge >= 0.3 is 5.97 Å². The van der Waals surface area contributed by atoms with Gasteiger partial charge in [-0.2, -0.15) is 0 Å². The van der Waals surface area contributed by atoms with E-state index in [1.807, 2.05) is 13.8 Å². The third kappa shape index (κ3) is 6.63. The first kappa shape index (κ1) is 26.3. The lowest BCUT2D eigenvalue weighted by molar-refractivity contribution is -0.163. The van der Waals surface area contributed by atoms with Crippen LogP contribution in [0.25, 0.3) is 0 Å². The lowest BCUT2D eigenvalue weighted by Crippen LogP contribution is -2.65. The highest BCUT2D eigenvalue weighted by Gasteiger charge is 2.50. The van der Waals surface area contributed by atoms with E-state index in [4.69, 9.17) is 0 Å². The molecule has 6 atom stereocenters. The molecule has 0 aromatic rings. The van der Waals surface area contributed by atoms with Gasteiger partial charge in [-0.3, -0.25) is 9.59 Å². The van der Waals surface area contributed by atoms with Crippen molar-refractivity contribution >= 4 is 17.8 Å². The Morgan fingerprint density at radius 2 is 1.73 bits per heavy atom. The van der Waals surface area contributed by atoms with Crippen molar-refractivity contribution in [3.05, 3.63) is 0 Å². The molecule has 0 saturated heterocycles. The molecular formula is C20H37N3O7. The van der Waals surface area contributed by atoms with E-state index in [0.29, 0.717) is 6.42 Å². The Kier molecular flexibility index (Phi) is 9.67. The van der Waals surface area contributed by atoms with Crippen molar-refractivity contribution in [2.24, 2.45) is 11.8 Å². The number of ether oxygens (including phenoxy) is 1. The molecule has 1 fully saturated rings. The molecule has 30 heavy (non-hydrogen) atoms. The molecule has 0 unspecified atom stereocenters. The fourth-order valence-corrected chi connectivity index (χ4v) is 3.64. The van der Waals surface area contributed by atoms with Crippen LogP contribution >= 0.6 is 0 Å². The van der Waals surface area contributed by atoms with Crippen molar-refractivity contribution in [1.29, 1.82) is 0 Å². The molecule has 0 spiro atoms. The van der Waals surface area contributed by atoms with Crippen LogP contribution in [0.1, 0.15) is 47.0 Å². The van der Waals surface area contributed by atoms with Gasteiger partial charge in [-0.15, -0.1) is 0 Å². The minimum atomic E-state index is -2.08. The van der Waals surface area contributed by atoms with E-state index in [9.17, 15) is 29.7 Å². The first-order chi connectivity index (χ1) is 13.9. The minimum absolute atomic E-state index is 0.240. The van der Waals surface area contributed by atoms with E-state index in [2.05, 4.69) is 20.7 Å². The minimum Gasteiger partial charge on any atom is -0.467 e. The summed E-state index contributed by atoms with van der Waals surface area (Å²) < 4.78 is 4.69. The number of aliphatic hydroxyl groups excluding tert-OH is 2. The van der Waals surface area contributed by atoms with E-state index in [1.165, 1.54) is 7.11 Å². The molecule has 0 aromatic heterocycles. The maximum absolute atomic E-state index is 12.8. The number of hydrogen-bond donors (Lipinski definition) is 6. The Morgan fingerprint density at radius 1 is 1.13 bits per heavy atom. The van der Waals surface area contributed by atoms with Crippen molar-refractivity contribution in [2.45, 2.75) is 82.9 Å². The van der Waals surface area contributed by atoms with Crippen LogP contribution in [0.2, 0.25) is 0 Å². The summed E-state index contributed by atoms with van der Waals surface area (Å²) in [4.78, 5) is 37.3. The van der Waals surface area contributed by atoms with Gasteiger partial charge in [0.05, 0.1) is 25.3 Å². The molecule has 174 valence electrons. The molecule has 0 bridgehead atoms. The Bertz CT molecular complexity index is 613. The number of carbonyl (C=O) groups excluding carboxylic acids is 3.